The van der Waals surface area contributed by atoms with Crippen LogP contribution in [0, 0.1) is 6.92 Å². The summed E-state index contributed by atoms with van der Waals surface area (Å²) in [4.78, 5) is 21.1. The van der Waals surface area contributed by atoms with Crippen LogP contribution in [0.3, 0.4) is 0 Å². The third-order valence-corrected chi connectivity index (χ3v) is 8.63. The lowest BCUT2D eigenvalue weighted by Crippen LogP contribution is -2.28. The van der Waals surface area contributed by atoms with Gasteiger partial charge in [-0.1, -0.05) is 67.9 Å². The molecule has 1 amide bonds. The first kappa shape index (κ1) is 30.6. The predicted octanol–water partition coefficient (Wildman–Crippen LogP) is 9.67. The summed E-state index contributed by atoms with van der Waals surface area (Å²) in [5, 5.41) is 0.618. The minimum absolute atomic E-state index is 0.118. The average Bonchev–Trinajstić information content (AvgIpc) is 3.31. The molecule has 1 saturated heterocycles. The highest BCUT2D eigenvalue weighted by molar-refractivity contribution is 9.10. The SMILES string of the molecule is CCOc1cc(/C=C2\SC(=Nc3ccc(CC)cc3)N(c3ccc(CC)cc3)C2=O)cc(Br)c1OCc1cccc(C)c1. The number of halogens is 1. The molecule has 0 saturated carbocycles. The lowest BCUT2D eigenvalue weighted by molar-refractivity contribution is -0.113. The van der Waals surface area contributed by atoms with Gasteiger partial charge in [-0.15, -0.1) is 0 Å². The summed E-state index contributed by atoms with van der Waals surface area (Å²) >= 11 is 5.06. The van der Waals surface area contributed by atoms with Crippen molar-refractivity contribution in [3.63, 3.8) is 0 Å². The van der Waals surface area contributed by atoms with Crippen molar-refractivity contribution in [2.75, 3.05) is 11.5 Å². The van der Waals surface area contributed by atoms with Crippen LogP contribution in [-0.4, -0.2) is 17.7 Å². The number of carbonyl (C=O) groups is 1. The largest absolute Gasteiger partial charge is 0.490 e. The first-order chi connectivity index (χ1) is 20.9. The molecule has 0 atom stereocenters. The zero-order valence-electron chi connectivity index (χ0n) is 24.9. The molecule has 4 aromatic rings. The molecular formula is C36H35BrN2O3S. The van der Waals surface area contributed by atoms with Gasteiger partial charge in [0.05, 0.1) is 27.4 Å². The highest BCUT2D eigenvalue weighted by Gasteiger charge is 2.35. The molecular weight excluding hydrogens is 620 g/mol. The molecule has 5 nitrogen and oxygen atoms in total. The number of aliphatic imine (C=N–C) groups is 1. The van der Waals surface area contributed by atoms with E-state index in [1.54, 1.807) is 4.90 Å². The molecule has 0 spiro atoms. The molecule has 1 aliphatic heterocycles. The third kappa shape index (κ3) is 7.40. The minimum atomic E-state index is -0.118. The maximum atomic E-state index is 13.9. The lowest BCUT2D eigenvalue weighted by Gasteiger charge is -2.16. The number of amidine groups is 1. The molecule has 43 heavy (non-hydrogen) atoms. The van der Waals surface area contributed by atoms with Crippen molar-refractivity contribution in [1.82, 2.24) is 0 Å². The zero-order valence-corrected chi connectivity index (χ0v) is 27.3. The van der Waals surface area contributed by atoms with E-state index in [0.717, 1.165) is 39.8 Å². The van der Waals surface area contributed by atoms with E-state index in [2.05, 4.69) is 73.1 Å². The smallest absolute Gasteiger partial charge is 0.271 e. The van der Waals surface area contributed by atoms with Gasteiger partial charge in [0.25, 0.3) is 5.91 Å². The molecule has 0 N–H and O–H groups in total. The topological polar surface area (TPSA) is 51.1 Å². The Morgan fingerprint density at radius 1 is 0.860 bits per heavy atom. The van der Waals surface area contributed by atoms with E-state index in [4.69, 9.17) is 14.5 Å². The molecule has 4 aromatic carbocycles. The van der Waals surface area contributed by atoms with Gasteiger partial charge in [-0.25, -0.2) is 4.99 Å². The first-order valence-electron chi connectivity index (χ1n) is 14.5. The fourth-order valence-corrected chi connectivity index (χ4v) is 6.33. The maximum absolute atomic E-state index is 13.9. The van der Waals surface area contributed by atoms with Crippen LogP contribution in [0.1, 0.15) is 48.6 Å². The van der Waals surface area contributed by atoms with Crippen LogP contribution in [-0.2, 0) is 24.2 Å². The summed E-state index contributed by atoms with van der Waals surface area (Å²) in [5.74, 6) is 1.13. The molecule has 0 aliphatic carbocycles. The zero-order chi connectivity index (χ0) is 30.3. The number of rotatable bonds is 10. The Hall–Kier alpha value is -3.81. The summed E-state index contributed by atoms with van der Waals surface area (Å²) in [7, 11) is 0. The van der Waals surface area contributed by atoms with Crippen LogP contribution in [0.4, 0.5) is 11.4 Å². The first-order valence-corrected chi connectivity index (χ1v) is 16.1. The lowest BCUT2D eigenvalue weighted by atomic mass is 10.1. The van der Waals surface area contributed by atoms with Gasteiger partial charge in [-0.05, 0) is 119 Å². The molecule has 0 bridgehead atoms. The Balaban J connectivity index is 1.48. The van der Waals surface area contributed by atoms with E-state index >= 15 is 0 Å². The molecule has 1 aliphatic rings. The van der Waals surface area contributed by atoms with Crippen LogP contribution in [0.5, 0.6) is 11.5 Å². The summed E-state index contributed by atoms with van der Waals surface area (Å²) < 4.78 is 12.9. The van der Waals surface area contributed by atoms with E-state index in [0.29, 0.717) is 34.8 Å². The van der Waals surface area contributed by atoms with Crippen molar-refractivity contribution in [2.24, 2.45) is 4.99 Å². The number of anilines is 1. The third-order valence-electron chi connectivity index (χ3n) is 7.07. The Bertz CT molecular complexity index is 1660. The van der Waals surface area contributed by atoms with Crippen molar-refractivity contribution in [2.45, 2.75) is 47.1 Å². The Morgan fingerprint density at radius 2 is 1.56 bits per heavy atom. The van der Waals surface area contributed by atoms with Crippen molar-refractivity contribution >= 4 is 56.2 Å². The number of hydrogen-bond acceptors (Lipinski definition) is 5. The van der Waals surface area contributed by atoms with Crippen LogP contribution < -0.4 is 14.4 Å². The van der Waals surface area contributed by atoms with Crippen LogP contribution in [0.25, 0.3) is 6.08 Å². The number of benzene rings is 4. The molecule has 7 heteroatoms. The van der Waals surface area contributed by atoms with Gasteiger partial charge < -0.3 is 9.47 Å². The number of aryl methyl sites for hydroxylation is 3. The number of hydrogen-bond donors (Lipinski definition) is 0. The van der Waals surface area contributed by atoms with Gasteiger partial charge in [0.2, 0.25) is 0 Å². The standard InChI is InChI=1S/C36H35BrN2O3S/c1-5-25-11-15-29(16-12-25)38-36-39(30-17-13-26(6-2)14-18-30)35(40)33(43-36)22-28-20-31(37)34(32(21-28)41-7-3)42-23-27-10-8-9-24(4)19-27/h8-22H,5-7,23H2,1-4H3/b33-22-,38-36?. The van der Waals surface area contributed by atoms with Crippen LogP contribution in [0.2, 0.25) is 0 Å². The number of ether oxygens (including phenoxy) is 2. The fraction of sp³-hybridized carbons (Fsp3) is 0.222. The molecule has 1 fully saturated rings. The van der Waals surface area contributed by atoms with E-state index < -0.39 is 0 Å². The van der Waals surface area contributed by atoms with Gasteiger partial charge >= 0.3 is 0 Å². The van der Waals surface area contributed by atoms with E-state index in [1.807, 2.05) is 61.5 Å². The van der Waals surface area contributed by atoms with Gasteiger partial charge in [0, 0.05) is 0 Å². The number of thioether (sulfide) groups is 1. The minimum Gasteiger partial charge on any atom is -0.490 e. The maximum Gasteiger partial charge on any atom is 0.271 e. The second-order valence-corrected chi connectivity index (χ2v) is 12.1. The number of carbonyl (C=O) groups excluding carboxylic acids is 1. The molecule has 1 heterocycles. The number of amides is 1. The Kier molecular flexibility index (Phi) is 10.1. The van der Waals surface area contributed by atoms with Gasteiger partial charge in [0.1, 0.15) is 6.61 Å². The van der Waals surface area contributed by atoms with Gasteiger partial charge in [0.15, 0.2) is 16.7 Å². The van der Waals surface area contributed by atoms with E-state index in [1.165, 1.54) is 28.5 Å². The Morgan fingerprint density at radius 3 is 2.21 bits per heavy atom. The van der Waals surface area contributed by atoms with E-state index in [-0.39, 0.29) is 5.91 Å². The van der Waals surface area contributed by atoms with E-state index in [9.17, 15) is 4.79 Å². The monoisotopic (exact) mass is 654 g/mol. The van der Waals surface area contributed by atoms with Gasteiger partial charge in [-0.2, -0.15) is 0 Å². The molecule has 0 radical (unpaired) electrons. The van der Waals surface area contributed by atoms with Crippen LogP contribution in [0.15, 0.2) is 99.3 Å². The van der Waals surface area contributed by atoms with Crippen molar-refractivity contribution in [3.05, 3.63) is 122 Å². The van der Waals surface area contributed by atoms with Gasteiger partial charge in [-0.3, -0.25) is 9.69 Å². The summed E-state index contributed by atoms with van der Waals surface area (Å²) in [6.07, 6.45) is 3.78. The Labute approximate surface area is 266 Å². The van der Waals surface area contributed by atoms with Crippen molar-refractivity contribution < 1.29 is 14.3 Å². The summed E-state index contributed by atoms with van der Waals surface area (Å²) in [6.45, 7) is 9.15. The highest BCUT2D eigenvalue weighted by Crippen LogP contribution is 2.41. The number of nitrogens with zero attached hydrogens (tertiary/aromatic N) is 2. The molecule has 220 valence electrons. The van der Waals surface area contributed by atoms with Crippen molar-refractivity contribution in [3.8, 4) is 11.5 Å². The average molecular weight is 656 g/mol. The quantitative estimate of drug-likeness (QED) is 0.160. The second kappa shape index (κ2) is 14.1. The highest BCUT2D eigenvalue weighted by atomic mass is 79.9. The molecule has 0 unspecified atom stereocenters. The second-order valence-electron chi connectivity index (χ2n) is 10.2. The summed E-state index contributed by atoms with van der Waals surface area (Å²) in [6, 6.07) is 28.3. The predicted molar refractivity (Wildman–Crippen MR) is 183 cm³/mol. The molecule has 5 rings (SSSR count). The normalized spacial score (nSPS) is 15.0. The summed E-state index contributed by atoms with van der Waals surface area (Å²) in [5.41, 5.74) is 7.14. The molecule has 0 aromatic heterocycles. The van der Waals surface area contributed by atoms with Crippen LogP contribution >= 0.6 is 27.7 Å². The van der Waals surface area contributed by atoms with Crippen molar-refractivity contribution in [1.29, 1.82) is 0 Å². The fourth-order valence-electron chi connectivity index (χ4n) is 4.76.